The number of rotatable bonds is 8. The molecule has 0 radical (unpaired) electrons. The number of ketones is 1. The van der Waals surface area contributed by atoms with Crippen molar-refractivity contribution < 1.29 is 42.9 Å². The smallest absolute Gasteiger partial charge is 0.407 e. The molecule has 3 rings (SSSR count). The average molecular weight is 654 g/mol. The highest BCUT2D eigenvalue weighted by molar-refractivity contribution is 5.95. The number of hydrogen-bond acceptors (Lipinski definition) is 9. The lowest BCUT2D eigenvalue weighted by Crippen LogP contribution is -2.46. The standard InChI is InChI=1S/C35H47N3O9/c1-20(14-15-36-34(43)47-35(3,4)5)32(41)38(6)30-23-11-13-29(45-8)25(19-23)24-17-22(10-12-28(24)44-7)18-26(33(42)46-9)37-31(40)21(2)16-27(30)39/h10-13,17,19-21,26,30H,14-16,18H2,1-9H3,(H,36,43)(H,37,40)/t20-,21+,26-,30-/m0/s1. The molecule has 0 spiro atoms. The number of amides is 3. The van der Waals surface area contributed by atoms with Crippen molar-refractivity contribution in [3.63, 3.8) is 0 Å². The van der Waals surface area contributed by atoms with Crippen molar-refractivity contribution in [3.05, 3.63) is 47.5 Å². The molecule has 2 aromatic rings. The number of nitrogens with zero attached hydrogens (tertiary/aromatic N) is 1. The van der Waals surface area contributed by atoms with Crippen molar-refractivity contribution in [1.29, 1.82) is 0 Å². The van der Waals surface area contributed by atoms with Gasteiger partial charge < -0.3 is 34.5 Å². The molecule has 0 fully saturated rings. The Labute approximate surface area is 276 Å². The fourth-order valence-electron chi connectivity index (χ4n) is 5.52. The van der Waals surface area contributed by atoms with Crippen molar-refractivity contribution in [1.82, 2.24) is 15.5 Å². The zero-order valence-corrected chi connectivity index (χ0v) is 28.7. The number of Topliss-reactive ketones (excluding diaryl/α,β-unsaturated/α-hetero) is 1. The predicted octanol–water partition coefficient (Wildman–Crippen LogP) is 4.23. The van der Waals surface area contributed by atoms with Crippen molar-refractivity contribution in [2.45, 2.75) is 71.6 Å². The van der Waals surface area contributed by atoms with Gasteiger partial charge in [-0.1, -0.05) is 26.0 Å². The highest BCUT2D eigenvalue weighted by atomic mass is 16.6. The van der Waals surface area contributed by atoms with Crippen LogP contribution in [-0.4, -0.2) is 81.1 Å². The number of carbonyl (C=O) groups is 5. The van der Waals surface area contributed by atoms with Gasteiger partial charge in [-0.25, -0.2) is 9.59 Å². The summed E-state index contributed by atoms with van der Waals surface area (Å²) in [6.07, 6.45) is -0.348. The molecule has 0 unspecified atom stereocenters. The van der Waals surface area contributed by atoms with Crippen LogP contribution in [0.5, 0.6) is 11.5 Å². The molecule has 4 atom stereocenters. The van der Waals surface area contributed by atoms with Gasteiger partial charge in [0.15, 0.2) is 5.78 Å². The van der Waals surface area contributed by atoms with Gasteiger partial charge >= 0.3 is 12.1 Å². The first-order valence-corrected chi connectivity index (χ1v) is 15.6. The van der Waals surface area contributed by atoms with E-state index in [0.29, 0.717) is 34.6 Å². The van der Waals surface area contributed by atoms with Crippen molar-refractivity contribution in [3.8, 4) is 22.6 Å². The van der Waals surface area contributed by atoms with E-state index in [-0.39, 0.29) is 31.1 Å². The Kier molecular flexibility index (Phi) is 12.4. The Morgan fingerprint density at radius 3 is 2.19 bits per heavy atom. The predicted molar refractivity (Wildman–Crippen MR) is 175 cm³/mol. The number of benzene rings is 2. The summed E-state index contributed by atoms with van der Waals surface area (Å²) in [7, 11) is 5.86. The monoisotopic (exact) mass is 653 g/mol. The molecular weight excluding hydrogens is 606 g/mol. The van der Waals surface area contributed by atoms with Crippen LogP contribution < -0.4 is 20.1 Å². The van der Waals surface area contributed by atoms with E-state index in [0.717, 1.165) is 5.56 Å². The maximum Gasteiger partial charge on any atom is 0.407 e. The topological polar surface area (TPSA) is 150 Å². The van der Waals surface area contributed by atoms with Gasteiger partial charge in [0, 0.05) is 49.4 Å². The molecule has 0 aliphatic carbocycles. The molecule has 0 aromatic heterocycles. The van der Waals surface area contributed by atoms with Crippen molar-refractivity contribution >= 4 is 29.7 Å². The van der Waals surface area contributed by atoms with Gasteiger partial charge in [-0.15, -0.1) is 0 Å². The third-order valence-corrected chi connectivity index (χ3v) is 8.00. The number of methoxy groups -OCH3 is 3. The zero-order chi connectivity index (χ0) is 35.1. The number of esters is 1. The van der Waals surface area contributed by atoms with E-state index in [2.05, 4.69) is 10.6 Å². The first-order chi connectivity index (χ1) is 22.1. The number of ether oxygens (including phenoxy) is 4. The molecule has 1 heterocycles. The molecule has 12 heteroatoms. The Hall–Kier alpha value is -4.61. The Bertz CT molecular complexity index is 1480. The lowest BCUT2D eigenvalue weighted by Gasteiger charge is -2.31. The number of alkyl carbamates (subject to hydrolysis) is 1. The van der Waals surface area contributed by atoms with Crippen molar-refractivity contribution in [2.75, 3.05) is 34.9 Å². The normalized spacial score (nSPS) is 19.0. The van der Waals surface area contributed by atoms with E-state index in [1.54, 1.807) is 72.0 Å². The molecule has 4 bridgehead atoms. The van der Waals surface area contributed by atoms with Gasteiger partial charge in [0.1, 0.15) is 29.2 Å². The fraction of sp³-hybridized carbons (Fsp3) is 0.514. The summed E-state index contributed by atoms with van der Waals surface area (Å²) in [5, 5.41) is 5.41. The Balaban J connectivity index is 2.07. The summed E-state index contributed by atoms with van der Waals surface area (Å²) in [5.41, 5.74) is 1.83. The lowest BCUT2D eigenvalue weighted by molar-refractivity contribution is -0.146. The minimum Gasteiger partial charge on any atom is -0.496 e. The first-order valence-electron chi connectivity index (χ1n) is 15.6. The van der Waals surface area contributed by atoms with Crippen LogP contribution in [0.4, 0.5) is 4.79 Å². The number of likely N-dealkylation sites (N-methyl/N-ethyl adjacent to an activating group) is 1. The van der Waals surface area contributed by atoms with Crippen molar-refractivity contribution in [2.24, 2.45) is 11.8 Å². The van der Waals surface area contributed by atoms with Gasteiger partial charge in [0.05, 0.1) is 21.3 Å². The van der Waals surface area contributed by atoms with E-state index in [1.165, 1.54) is 26.2 Å². The van der Waals surface area contributed by atoms with Gasteiger partial charge in [0.25, 0.3) is 0 Å². The first kappa shape index (κ1) is 36.9. The molecular formula is C35H47N3O9. The summed E-state index contributed by atoms with van der Waals surface area (Å²) in [6.45, 7) is 8.79. The molecule has 256 valence electrons. The SMILES string of the molecule is COC(=O)[C@@H]1Cc2ccc(OC)c(c2)-c2cc(ccc2OC)[C@H](N(C)C(=O)[C@@H](C)CCNC(=O)OC(C)(C)C)C(=O)C[C@@H](C)C(=O)N1. The number of hydrogen-bond donors (Lipinski definition) is 2. The second kappa shape index (κ2) is 15.8. The number of carbonyl (C=O) groups excluding carboxylic acids is 5. The Morgan fingerprint density at radius 1 is 0.979 bits per heavy atom. The maximum absolute atomic E-state index is 14.1. The summed E-state index contributed by atoms with van der Waals surface area (Å²) in [4.78, 5) is 67.4. The summed E-state index contributed by atoms with van der Waals surface area (Å²) < 4.78 is 21.6. The van der Waals surface area contributed by atoms with E-state index >= 15 is 0 Å². The largest absolute Gasteiger partial charge is 0.496 e. The van der Waals surface area contributed by atoms with Crippen LogP contribution in [0.2, 0.25) is 0 Å². The third kappa shape index (κ3) is 9.46. The van der Waals surface area contributed by atoms with Crippen LogP contribution in [0.25, 0.3) is 11.1 Å². The highest BCUT2D eigenvalue weighted by Gasteiger charge is 2.34. The van der Waals surface area contributed by atoms with Gasteiger partial charge in [-0.2, -0.15) is 0 Å². The third-order valence-electron chi connectivity index (χ3n) is 8.00. The quantitative estimate of drug-likeness (QED) is 0.399. The zero-order valence-electron chi connectivity index (χ0n) is 28.7. The van der Waals surface area contributed by atoms with Gasteiger partial charge in [-0.3, -0.25) is 14.4 Å². The molecule has 12 nitrogen and oxygen atoms in total. The average Bonchev–Trinajstić information content (AvgIpc) is 3.02. The van der Waals surface area contributed by atoms with Gasteiger partial charge in [0.2, 0.25) is 11.8 Å². The number of fused-ring (bicyclic) bond motifs is 5. The molecule has 0 saturated heterocycles. The minimum absolute atomic E-state index is 0.138. The molecule has 3 amide bonds. The summed E-state index contributed by atoms with van der Waals surface area (Å²) >= 11 is 0. The second-order valence-electron chi connectivity index (χ2n) is 12.8. The number of nitrogens with one attached hydrogen (secondary N) is 2. The molecule has 1 aliphatic heterocycles. The van der Waals surface area contributed by atoms with Crippen LogP contribution in [0.1, 0.15) is 64.6 Å². The maximum atomic E-state index is 14.1. The van der Waals surface area contributed by atoms with Crippen LogP contribution in [0.15, 0.2) is 36.4 Å². The molecule has 2 N–H and O–H groups in total. The van der Waals surface area contributed by atoms with E-state index in [1.807, 2.05) is 6.07 Å². The molecule has 2 aromatic carbocycles. The highest BCUT2D eigenvalue weighted by Crippen LogP contribution is 2.40. The van der Waals surface area contributed by atoms with Crippen LogP contribution in [0, 0.1) is 11.8 Å². The molecule has 1 aliphatic rings. The minimum atomic E-state index is -1.06. The summed E-state index contributed by atoms with van der Waals surface area (Å²) in [5.74, 6) is -2.17. The van der Waals surface area contributed by atoms with Crippen LogP contribution in [0.3, 0.4) is 0 Å². The second-order valence-corrected chi connectivity index (χ2v) is 12.8. The molecule has 0 saturated carbocycles. The van der Waals surface area contributed by atoms with Gasteiger partial charge in [-0.05, 0) is 62.6 Å². The lowest BCUT2D eigenvalue weighted by atomic mass is 9.89. The fourth-order valence-corrected chi connectivity index (χ4v) is 5.52. The van der Waals surface area contributed by atoms with Crippen LogP contribution in [-0.2, 0) is 35.1 Å². The van der Waals surface area contributed by atoms with E-state index in [9.17, 15) is 24.0 Å². The van der Waals surface area contributed by atoms with E-state index in [4.69, 9.17) is 18.9 Å². The van der Waals surface area contributed by atoms with Crippen LogP contribution >= 0.6 is 0 Å². The molecule has 47 heavy (non-hydrogen) atoms. The van der Waals surface area contributed by atoms with E-state index < -0.39 is 47.5 Å². The summed E-state index contributed by atoms with van der Waals surface area (Å²) in [6, 6.07) is 8.57. The Morgan fingerprint density at radius 2 is 1.60 bits per heavy atom.